The highest BCUT2D eigenvalue weighted by molar-refractivity contribution is 5.71. The number of hydrogen-bond acceptors (Lipinski definition) is 4. The number of carboxylic acids is 1. The number of carbonyl (C=O) groups is 1. The van der Waals surface area contributed by atoms with Crippen molar-refractivity contribution in [1.82, 2.24) is 18.7 Å². The molecular formula is C14H20N4O4. The number of carboxylic acid groups (broad SMARTS) is 1. The number of aryl methyl sites for hydroxylation is 3. The Morgan fingerprint density at radius 2 is 1.86 bits per heavy atom. The number of rotatable bonds is 6. The summed E-state index contributed by atoms with van der Waals surface area (Å²) in [7, 11) is 3.04. The van der Waals surface area contributed by atoms with Gasteiger partial charge in [-0.2, -0.15) is 0 Å². The third-order valence-corrected chi connectivity index (χ3v) is 3.78. The molecular weight excluding hydrogens is 288 g/mol. The molecule has 0 aliphatic rings. The maximum Gasteiger partial charge on any atom is 0.332 e. The predicted molar refractivity (Wildman–Crippen MR) is 81.1 cm³/mol. The highest BCUT2D eigenvalue weighted by Gasteiger charge is 2.17. The molecule has 120 valence electrons. The molecule has 0 saturated heterocycles. The van der Waals surface area contributed by atoms with Gasteiger partial charge in [-0.25, -0.2) is 9.78 Å². The van der Waals surface area contributed by atoms with Crippen molar-refractivity contribution in [3.63, 3.8) is 0 Å². The Labute approximate surface area is 126 Å². The van der Waals surface area contributed by atoms with Gasteiger partial charge in [-0.05, 0) is 19.8 Å². The molecule has 0 bridgehead atoms. The molecule has 1 N–H and O–H groups in total. The van der Waals surface area contributed by atoms with E-state index >= 15 is 0 Å². The summed E-state index contributed by atoms with van der Waals surface area (Å²) >= 11 is 0. The van der Waals surface area contributed by atoms with Crippen molar-refractivity contribution < 1.29 is 9.90 Å². The van der Waals surface area contributed by atoms with Gasteiger partial charge in [0.2, 0.25) is 0 Å². The van der Waals surface area contributed by atoms with Gasteiger partial charge in [-0.3, -0.25) is 18.7 Å². The Bertz CT molecular complexity index is 828. The first kappa shape index (κ1) is 16.0. The summed E-state index contributed by atoms with van der Waals surface area (Å²) in [5, 5.41) is 8.66. The summed E-state index contributed by atoms with van der Waals surface area (Å²) in [6.45, 7) is 2.48. The van der Waals surface area contributed by atoms with Gasteiger partial charge in [0.05, 0.1) is 0 Å². The Morgan fingerprint density at radius 1 is 1.18 bits per heavy atom. The SMILES string of the molecule is CCn1c(CCCCC(=O)O)nc2c1c(=O)n(C)c(=O)n2C. The zero-order valence-corrected chi connectivity index (χ0v) is 13.0. The van der Waals surface area contributed by atoms with Crippen molar-refractivity contribution in [1.29, 1.82) is 0 Å². The quantitative estimate of drug-likeness (QED) is 0.771. The minimum absolute atomic E-state index is 0.118. The molecule has 22 heavy (non-hydrogen) atoms. The van der Waals surface area contributed by atoms with Gasteiger partial charge in [0, 0.05) is 33.5 Å². The van der Waals surface area contributed by atoms with Gasteiger partial charge in [0.1, 0.15) is 5.82 Å². The molecule has 0 aliphatic carbocycles. The van der Waals surface area contributed by atoms with E-state index in [0.717, 1.165) is 4.57 Å². The molecule has 0 aliphatic heterocycles. The van der Waals surface area contributed by atoms with E-state index in [1.807, 2.05) is 6.92 Å². The van der Waals surface area contributed by atoms with E-state index in [1.54, 1.807) is 11.6 Å². The average Bonchev–Trinajstić information content (AvgIpc) is 2.85. The van der Waals surface area contributed by atoms with Gasteiger partial charge in [0.25, 0.3) is 5.56 Å². The second kappa shape index (κ2) is 6.17. The van der Waals surface area contributed by atoms with Gasteiger partial charge >= 0.3 is 11.7 Å². The summed E-state index contributed by atoms with van der Waals surface area (Å²) in [6, 6.07) is 0. The third kappa shape index (κ3) is 2.68. The van der Waals surface area contributed by atoms with Crippen LogP contribution in [0.1, 0.15) is 32.0 Å². The molecule has 2 aromatic heterocycles. The summed E-state index contributed by atoms with van der Waals surface area (Å²) in [5.41, 5.74) is 0.0310. The molecule has 0 aromatic carbocycles. The molecule has 0 saturated carbocycles. The minimum atomic E-state index is -0.819. The number of imidazole rings is 1. The fourth-order valence-corrected chi connectivity index (χ4v) is 2.58. The Morgan fingerprint density at radius 3 is 2.45 bits per heavy atom. The second-order valence-electron chi connectivity index (χ2n) is 5.25. The minimum Gasteiger partial charge on any atom is -0.481 e. The van der Waals surface area contributed by atoms with E-state index in [0.29, 0.717) is 42.8 Å². The maximum atomic E-state index is 12.3. The Kier molecular flexibility index (Phi) is 4.48. The van der Waals surface area contributed by atoms with E-state index in [4.69, 9.17) is 5.11 Å². The second-order valence-corrected chi connectivity index (χ2v) is 5.25. The van der Waals surface area contributed by atoms with Crippen molar-refractivity contribution in [3.8, 4) is 0 Å². The predicted octanol–water partition coefficient (Wildman–Crippen LogP) is 0.251. The monoisotopic (exact) mass is 308 g/mol. The van der Waals surface area contributed by atoms with Crippen molar-refractivity contribution in [2.24, 2.45) is 14.1 Å². The molecule has 0 amide bonds. The molecule has 0 atom stereocenters. The number of aliphatic carboxylic acids is 1. The van der Waals surface area contributed by atoms with Crippen LogP contribution >= 0.6 is 0 Å². The van der Waals surface area contributed by atoms with Crippen molar-refractivity contribution >= 4 is 17.1 Å². The summed E-state index contributed by atoms with van der Waals surface area (Å²) in [5.74, 6) is -0.110. The Balaban J connectivity index is 2.46. The van der Waals surface area contributed by atoms with Gasteiger partial charge in [-0.1, -0.05) is 0 Å². The number of fused-ring (bicyclic) bond motifs is 1. The maximum absolute atomic E-state index is 12.3. The standard InChI is InChI=1S/C14H20N4O4/c1-4-18-9(7-5-6-8-10(19)20)15-12-11(18)13(21)17(3)14(22)16(12)2/h4-8H2,1-3H3,(H,19,20). The van der Waals surface area contributed by atoms with Gasteiger partial charge < -0.3 is 9.67 Å². The van der Waals surface area contributed by atoms with E-state index in [-0.39, 0.29) is 12.0 Å². The number of nitrogens with zero attached hydrogens (tertiary/aromatic N) is 4. The molecule has 2 aromatic rings. The van der Waals surface area contributed by atoms with Crippen LogP contribution in [0, 0.1) is 0 Å². The first-order chi connectivity index (χ1) is 10.4. The number of hydrogen-bond donors (Lipinski definition) is 1. The van der Waals surface area contributed by atoms with Crippen molar-refractivity contribution in [3.05, 3.63) is 26.7 Å². The lowest BCUT2D eigenvalue weighted by Gasteiger charge is -2.06. The normalized spacial score (nSPS) is 11.2. The van der Waals surface area contributed by atoms with E-state index in [1.165, 1.54) is 11.6 Å². The van der Waals surface area contributed by atoms with Crippen LogP contribution in [0.3, 0.4) is 0 Å². The van der Waals surface area contributed by atoms with Crippen LogP contribution in [0.4, 0.5) is 0 Å². The zero-order valence-electron chi connectivity index (χ0n) is 13.0. The van der Waals surface area contributed by atoms with Crippen LogP contribution in [0.15, 0.2) is 9.59 Å². The number of unbranched alkanes of at least 4 members (excludes halogenated alkanes) is 1. The van der Waals surface area contributed by atoms with Crippen LogP contribution < -0.4 is 11.2 Å². The van der Waals surface area contributed by atoms with Gasteiger partial charge in [-0.15, -0.1) is 0 Å². The van der Waals surface area contributed by atoms with Crippen LogP contribution in [0.5, 0.6) is 0 Å². The fourth-order valence-electron chi connectivity index (χ4n) is 2.58. The topological polar surface area (TPSA) is 99.1 Å². The van der Waals surface area contributed by atoms with Crippen LogP contribution in [0.25, 0.3) is 11.2 Å². The molecule has 8 nitrogen and oxygen atoms in total. The van der Waals surface area contributed by atoms with Crippen LogP contribution in [-0.2, 0) is 31.9 Å². The largest absolute Gasteiger partial charge is 0.481 e. The van der Waals surface area contributed by atoms with Crippen molar-refractivity contribution in [2.75, 3.05) is 0 Å². The summed E-state index contributed by atoms with van der Waals surface area (Å²) < 4.78 is 4.24. The average molecular weight is 308 g/mol. The summed E-state index contributed by atoms with van der Waals surface area (Å²) in [6.07, 6.45) is 1.92. The molecule has 0 unspecified atom stereocenters. The smallest absolute Gasteiger partial charge is 0.332 e. The molecule has 2 heterocycles. The van der Waals surface area contributed by atoms with Crippen LogP contribution in [0.2, 0.25) is 0 Å². The van der Waals surface area contributed by atoms with E-state index in [2.05, 4.69) is 4.98 Å². The first-order valence-corrected chi connectivity index (χ1v) is 7.25. The fraction of sp³-hybridized carbons (Fsp3) is 0.571. The third-order valence-electron chi connectivity index (χ3n) is 3.78. The van der Waals surface area contributed by atoms with Gasteiger partial charge in [0.15, 0.2) is 11.2 Å². The molecule has 0 radical (unpaired) electrons. The van der Waals surface area contributed by atoms with E-state index < -0.39 is 11.7 Å². The van der Waals surface area contributed by atoms with E-state index in [9.17, 15) is 14.4 Å². The lowest BCUT2D eigenvalue weighted by molar-refractivity contribution is -0.137. The number of aromatic nitrogens is 4. The lowest BCUT2D eigenvalue weighted by Crippen LogP contribution is -2.37. The first-order valence-electron chi connectivity index (χ1n) is 7.25. The van der Waals surface area contributed by atoms with Crippen LogP contribution in [-0.4, -0.2) is 29.8 Å². The molecule has 2 rings (SSSR count). The Hall–Kier alpha value is -2.38. The lowest BCUT2D eigenvalue weighted by atomic mass is 10.2. The summed E-state index contributed by atoms with van der Waals surface area (Å²) in [4.78, 5) is 39.2. The molecule has 0 spiro atoms. The highest BCUT2D eigenvalue weighted by Crippen LogP contribution is 2.13. The molecule has 0 fully saturated rings. The highest BCUT2D eigenvalue weighted by atomic mass is 16.4. The van der Waals surface area contributed by atoms with Crippen molar-refractivity contribution in [2.45, 2.75) is 39.2 Å². The zero-order chi connectivity index (χ0) is 16.4. The molecule has 8 heteroatoms.